The van der Waals surface area contributed by atoms with Crippen LogP contribution in [0.1, 0.15) is 0 Å². The quantitative estimate of drug-likeness (QED) is 0.179. The van der Waals surface area contributed by atoms with Crippen LogP contribution in [-0.2, 0) is 0 Å². The van der Waals surface area contributed by atoms with Crippen molar-refractivity contribution in [2.75, 3.05) is 0 Å². The lowest BCUT2D eigenvalue weighted by atomic mass is 9.97. The normalized spacial score (nSPS) is 12.0. The van der Waals surface area contributed by atoms with Crippen LogP contribution >= 0.6 is 11.3 Å². The fraction of sp³-hybridized carbons (Fsp3) is 0. The van der Waals surface area contributed by atoms with Crippen molar-refractivity contribution in [2.24, 2.45) is 0 Å². The summed E-state index contributed by atoms with van der Waals surface area (Å²) in [5, 5.41) is 14.4. The minimum absolute atomic E-state index is 0.651. The maximum Gasteiger partial charge on any atom is 0.165 e. The standard InChI is InChI=1S/C55H32N4S/c1-2-14-35(15-3-1)53-56-54(40-23-22-33-12-4-5-16-36(33)28-40)58-55(57-53)51-42-20-10-9-19-39(42)31-49-50(51)45-27-25-41(32-48(45)60-49)59-47-30-38-18-7-6-17-37(38)29-46(47)44-26-24-34-13-8-11-21-43(34)52(44)59/h1-32H. The highest BCUT2D eigenvalue weighted by molar-refractivity contribution is 7.26. The molecule has 0 radical (unpaired) electrons. The van der Waals surface area contributed by atoms with Crippen LogP contribution in [0.2, 0.25) is 0 Å². The average molecular weight is 781 g/mol. The van der Waals surface area contributed by atoms with Crippen LogP contribution in [0.4, 0.5) is 0 Å². The molecule has 0 saturated heterocycles. The number of aromatic nitrogens is 4. The molecule has 0 atom stereocenters. The van der Waals surface area contributed by atoms with Gasteiger partial charge in [0.25, 0.3) is 0 Å². The van der Waals surface area contributed by atoms with Gasteiger partial charge in [-0.1, -0.05) is 158 Å². The summed E-state index contributed by atoms with van der Waals surface area (Å²) in [6.07, 6.45) is 0. The smallest absolute Gasteiger partial charge is 0.165 e. The Morgan fingerprint density at radius 3 is 1.78 bits per heavy atom. The number of hydrogen-bond donors (Lipinski definition) is 0. The van der Waals surface area contributed by atoms with Gasteiger partial charge in [-0.2, -0.15) is 0 Å². The Morgan fingerprint density at radius 1 is 0.350 bits per heavy atom. The molecule has 0 aliphatic rings. The Kier molecular flexibility index (Phi) is 7.14. The lowest BCUT2D eigenvalue weighted by Gasteiger charge is -2.13. The van der Waals surface area contributed by atoms with E-state index in [2.05, 4.69) is 180 Å². The molecule has 5 heteroatoms. The van der Waals surface area contributed by atoms with E-state index in [9.17, 15) is 0 Å². The predicted octanol–water partition coefficient (Wildman–Crippen LogP) is 15.0. The molecule has 0 aliphatic carbocycles. The van der Waals surface area contributed by atoms with E-state index >= 15 is 0 Å². The molecule has 0 unspecified atom stereocenters. The molecular formula is C55H32N4S. The van der Waals surface area contributed by atoms with E-state index in [1.54, 1.807) is 0 Å². The first-order valence-corrected chi connectivity index (χ1v) is 21.1. The summed E-state index contributed by atoms with van der Waals surface area (Å²) in [6.45, 7) is 0. The van der Waals surface area contributed by atoms with Gasteiger partial charge in [0, 0.05) is 58.7 Å². The van der Waals surface area contributed by atoms with Gasteiger partial charge < -0.3 is 4.57 Å². The summed E-state index contributed by atoms with van der Waals surface area (Å²) in [7, 11) is 0. The van der Waals surface area contributed by atoms with Crippen LogP contribution < -0.4 is 0 Å². The largest absolute Gasteiger partial charge is 0.309 e. The third kappa shape index (κ3) is 5.06. The van der Waals surface area contributed by atoms with E-state index in [1.165, 1.54) is 63.5 Å². The Hall–Kier alpha value is -7.73. The highest BCUT2D eigenvalue weighted by Crippen LogP contribution is 2.46. The van der Waals surface area contributed by atoms with Crippen molar-refractivity contribution in [1.82, 2.24) is 19.5 Å². The third-order valence-electron chi connectivity index (χ3n) is 12.1. The lowest BCUT2D eigenvalue weighted by molar-refractivity contribution is 1.08. The molecule has 0 saturated carbocycles. The Balaban J connectivity index is 1.09. The SMILES string of the molecule is c1ccc(-c2nc(-c3ccc4ccccc4c3)nc(-c3c4ccccc4cc4sc5cc(-n6c7cc8ccccc8cc7c7ccc8ccccc8c76)ccc5c34)n2)cc1. The zero-order valence-corrected chi connectivity index (χ0v) is 33.0. The van der Waals surface area contributed by atoms with Crippen LogP contribution in [0.25, 0.3) is 125 Å². The molecule has 0 bridgehead atoms. The van der Waals surface area contributed by atoms with Gasteiger partial charge in [-0.3, -0.25) is 0 Å². The van der Waals surface area contributed by atoms with E-state index in [-0.39, 0.29) is 0 Å². The van der Waals surface area contributed by atoms with Crippen LogP contribution in [0, 0.1) is 0 Å². The van der Waals surface area contributed by atoms with Crippen LogP contribution in [0.5, 0.6) is 0 Å². The number of hydrogen-bond acceptors (Lipinski definition) is 4. The third-order valence-corrected chi connectivity index (χ3v) is 13.2. The monoisotopic (exact) mass is 780 g/mol. The minimum atomic E-state index is 0.651. The summed E-state index contributed by atoms with van der Waals surface area (Å²) < 4.78 is 4.89. The first-order chi connectivity index (χ1) is 29.7. The lowest BCUT2D eigenvalue weighted by Crippen LogP contribution is -2.01. The number of nitrogens with zero attached hydrogens (tertiary/aromatic N) is 4. The van der Waals surface area contributed by atoms with Crippen molar-refractivity contribution in [3.8, 4) is 39.9 Å². The summed E-state index contributed by atoms with van der Waals surface area (Å²) >= 11 is 1.83. The summed E-state index contributed by atoms with van der Waals surface area (Å²) in [6, 6.07) is 69.8. The van der Waals surface area contributed by atoms with Gasteiger partial charge in [0.1, 0.15) is 0 Å². The highest BCUT2D eigenvalue weighted by atomic mass is 32.1. The average Bonchev–Trinajstić information content (AvgIpc) is 3.84. The molecule has 4 nitrogen and oxygen atoms in total. The Labute approximate surface area is 348 Å². The second-order valence-corrected chi connectivity index (χ2v) is 16.7. The van der Waals surface area contributed by atoms with Crippen molar-refractivity contribution >= 4 is 96.4 Å². The van der Waals surface area contributed by atoms with Gasteiger partial charge in [-0.15, -0.1) is 11.3 Å². The van der Waals surface area contributed by atoms with E-state index < -0.39 is 0 Å². The van der Waals surface area contributed by atoms with Crippen LogP contribution in [0.15, 0.2) is 194 Å². The van der Waals surface area contributed by atoms with E-state index in [0.717, 1.165) is 43.9 Å². The molecule has 0 amide bonds. The maximum atomic E-state index is 5.35. The molecule has 13 rings (SSSR count). The van der Waals surface area contributed by atoms with E-state index in [0.29, 0.717) is 17.5 Å². The molecule has 0 aliphatic heterocycles. The second-order valence-electron chi connectivity index (χ2n) is 15.6. The molecule has 13 aromatic rings. The maximum absolute atomic E-state index is 5.35. The second kappa shape index (κ2) is 12.9. The molecule has 0 spiro atoms. The zero-order chi connectivity index (χ0) is 39.3. The summed E-state index contributed by atoms with van der Waals surface area (Å²) in [4.78, 5) is 15.8. The number of thiophene rings is 1. The van der Waals surface area contributed by atoms with Crippen molar-refractivity contribution in [1.29, 1.82) is 0 Å². The van der Waals surface area contributed by atoms with Gasteiger partial charge in [-0.25, -0.2) is 15.0 Å². The molecule has 60 heavy (non-hydrogen) atoms. The fourth-order valence-corrected chi connectivity index (χ4v) is 10.6. The molecular weight excluding hydrogens is 749 g/mol. The molecule has 0 fully saturated rings. The highest BCUT2D eigenvalue weighted by Gasteiger charge is 2.22. The predicted molar refractivity (Wildman–Crippen MR) is 253 cm³/mol. The van der Waals surface area contributed by atoms with Crippen molar-refractivity contribution in [3.63, 3.8) is 0 Å². The van der Waals surface area contributed by atoms with Gasteiger partial charge in [-0.05, 0) is 74.1 Å². The molecule has 3 aromatic heterocycles. The van der Waals surface area contributed by atoms with Gasteiger partial charge in [0.2, 0.25) is 0 Å². The van der Waals surface area contributed by atoms with Gasteiger partial charge in [0.15, 0.2) is 17.5 Å². The Morgan fingerprint density at radius 2 is 0.967 bits per heavy atom. The molecule has 10 aromatic carbocycles. The van der Waals surface area contributed by atoms with Crippen LogP contribution in [-0.4, -0.2) is 19.5 Å². The van der Waals surface area contributed by atoms with Crippen molar-refractivity contribution < 1.29 is 0 Å². The first-order valence-electron chi connectivity index (χ1n) is 20.3. The van der Waals surface area contributed by atoms with Crippen LogP contribution in [0.3, 0.4) is 0 Å². The van der Waals surface area contributed by atoms with E-state index in [1.807, 2.05) is 29.5 Å². The topological polar surface area (TPSA) is 43.6 Å². The number of fused-ring (bicyclic) bond motifs is 11. The summed E-state index contributed by atoms with van der Waals surface area (Å²) in [5.74, 6) is 1.97. The summed E-state index contributed by atoms with van der Waals surface area (Å²) in [5.41, 5.74) is 6.50. The number of rotatable bonds is 4. The van der Waals surface area contributed by atoms with Crippen molar-refractivity contribution in [3.05, 3.63) is 194 Å². The molecule has 0 N–H and O–H groups in total. The minimum Gasteiger partial charge on any atom is -0.309 e. The Bertz CT molecular complexity index is 3900. The van der Waals surface area contributed by atoms with Gasteiger partial charge >= 0.3 is 0 Å². The van der Waals surface area contributed by atoms with Gasteiger partial charge in [0.05, 0.1) is 11.0 Å². The zero-order valence-electron chi connectivity index (χ0n) is 32.2. The van der Waals surface area contributed by atoms with E-state index in [4.69, 9.17) is 15.0 Å². The fourth-order valence-electron chi connectivity index (χ4n) is 9.35. The molecule has 3 heterocycles. The number of benzene rings is 10. The first kappa shape index (κ1) is 33.3. The molecule has 278 valence electrons. The van der Waals surface area contributed by atoms with Crippen molar-refractivity contribution in [2.45, 2.75) is 0 Å².